The number of nitrogens with one attached hydrogen (secondary N) is 2. The molecule has 5 nitrogen and oxygen atoms in total. The Bertz CT molecular complexity index is 318. The van der Waals surface area contributed by atoms with Crippen LogP contribution in [0.15, 0.2) is 0 Å². The molecular formula is C15H31Cl2N3O2. The van der Waals surface area contributed by atoms with Gasteiger partial charge in [0.2, 0.25) is 5.91 Å². The first-order chi connectivity index (χ1) is 9.58. The third-order valence-corrected chi connectivity index (χ3v) is 4.53. The van der Waals surface area contributed by atoms with Gasteiger partial charge in [0.25, 0.3) is 0 Å². The summed E-state index contributed by atoms with van der Waals surface area (Å²) >= 11 is 0. The number of hydrogen-bond donors (Lipinski definition) is 2. The first kappa shape index (κ1) is 21.9. The van der Waals surface area contributed by atoms with Gasteiger partial charge in [0, 0.05) is 31.6 Å². The van der Waals surface area contributed by atoms with E-state index in [1.165, 1.54) is 6.42 Å². The second kappa shape index (κ2) is 10.7. The lowest BCUT2D eigenvalue weighted by molar-refractivity contribution is -0.122. The molecule has 2 aliphatic heterocycles. The SMILES string of the molecule is CC(C)(CNC(=O)CCC1CCNC1)N1CCOCC1.Cl.Cl. The van der Waals surface area contributed by atoms with E-state index in [9.17, 15) is 4.79 Å². The van der Waals surface area contributed by atoms with Gasteiger partial charge < -0.3 is 15.4 Å². The number of halogens is 2. The van der Waals surface area contributed by atoms with Gasteiger partial charge in [-0.05, 0) is 45.7 Å². The van der Waals surface area contributed by atoms with Crippen molar-refractivity contribution in [3.05, 3.63) is 0 Å². The molecule has 0 radical (unpaired) electrons. The minimum atomic E-state index is 0. The Labute approximate surface area is 146 Å². The van der Waals surface area contributed by atoms with Crippen LogP contribution in [0, 0.1) is 5.92 Å². The molecule has 22 heavy (non-hydrogen) atoms. The predicted molar refractivity (Wildman–Crippen MR) is 94.2 cm³/mol. The summed E-state index contributed by atoms with van der Waals surface area (Å²) < 4.78 is 5.38. The highest BCUT2D eigenvalue weighted by Gasteiger charge is 2.28. The molecule has 2 saturated heterocycles. The van der Waals surface area contributed by atoms with Crippen LogP contribution >= 0.6 is 24.8 Å². The highest BCUT2D eigenvalue weighted by molar-refractivity contribution is 5.85. The minimum absolute atomic E-state index is 0. The molecule has 2 fully saturated rings. The van der Waals surface area contributed by atoms with Crippen molar-refractivity contribution in [1.82, 2.24) is 15.5 Å². The second-order valence-electron chi connectivity index (χ2n) is 6.59. The number of morpholine rings is 1. The van der Waals surface area contributed by atoms with E-state index in [0.717, 1.165) is 52.4 Å². The van der Waals surface area contributed by atoms with Crippen molar-refractivity contribution in [2.45, 2.75) is 38.6 Å². The molecule has 1 unspecified atom stereocenters. The Morgan fingerprint density at radius 3 is 2.59 bits per heavy atom. The van der Waals surface area contributed by atoms with Crippen LogP contribution in [-0.4, -0.2) is 62.3 Å². The summed E-state index contributed by atoms with van der Waals surface area (Å²) in [6.45, 7) is 10.8. The van der Waals surface area contributed by atoms with Crippen molar-refractivity contribution >= 4 is 30.7 Å². The molecule has 7 heteroatoms. The second-order valence-corrected chi connectivity index (χ2v) is 6.59. The molecule has 1 atom stereocenters. The molecule has 2 rings (SSSR count). The van der Waals surface area contributed by atoms with E-state index in [1.54, 1.807) is 0 Å². The van der Waals surface area contributed by atoms with Gasteiger partial charge in [-0.2, -0.15) is 0 Å². The van der Waals surface area contributed by atoms with Gasteiger partial charge >= 0.3 is 0 Å². The maximum Gasteiger partial charge on any atom is 0.220 e. The fraction of sp³-hybridized carbons (Fsp3) is 0.933. The third kappa shape index (κ3) is 7.01. The van der Waals surface area contributed by atoms with Crippen LogP contribution in [0.2, 0.25) is 0 Å². The fourth-order valence-electron chi connectivity index (χ4n) is 2.98. The molecule has 0 aliphatic carbocycles. The zero-order chi connectivity index (χ0) is 14.4. The molecule has 2 N–H and O–H groups in total. The number of ether oxygens (including phenoxy) is 1. The largest absolute Gasteiger partial charge is 0.379 e. The van der Waals surface area contributed by atoms with Crippen molar-refractivity contribution < 1.29 is 9.53 Å². The molecule has 1 amide bonds. The summed E-state index contributed by atoms with van der Waals surface area (Å²) in [5.74, 6) is 0.881. The van der Waals surface area contributed by atoms with E-state index in [4.69, 9.17) is 4.74 Å². The van der Waals surface area contributed by atoms with Gasteiger partial charge in [0.1, 0.15) is 0 Å². The van der Waals surface area contributed by atoms with Gasteiger partial charge in [0.05, 0.1) is 13.2 Å². The van der Waals surface area contributed by atoms with E-state index in [1.807, 2.05) is 0 Å². The van der Waals surface area contributed by atoms with Crippen LogP contribution < -0.4 is 10.6 Å². The van der Waals surface area contributed by atoms with Gasteiger partial charge in [-0.3, -0.25) is 9.69 Å². The smallest absolute Gasteiger partial charge is 0.220 e. The van der Waals surface area contributed by atoms with Crippen LogP contribution in [-0.2, 0) is 9.53 Å². The summed E-state index contributed by atoms with van der Waals surface area (Å²) in [7, 11) is 0. The van der Waals surface area contributed by atoms with E-state index in [-0.39, 0.29) is 36.3 Å². The quantitative estimate of drug-likeness (QED) is 0.756. The lowest BCUT2D eigenvalue weighted by atomic mass is 10.0. The van der Waals surface area contributed by atoms with Crippen LogP contribution in [0.1, 0.15) is 33.1 Å². The van der Waals surface area contributed by atoms with Crippen LogP contribution in [0.4, 0.5) is 0 Å². The summed E-state index contributed by atoms with van der Waals surface area (Å²) in [5.41, 5.74) is 0.00829. The predicted octanol–water partition coefficient (Wildman–Crippen LogP) is 1.45. The van der Waals surface area contributed by atoms with E-state index < -0.39 is 0 Å². The zero-order valence-electron chi connectivity index (χ0n) is 13.7. The molecule has 132 valence electrons. The van der Waals surface area contributed by atoms with Gasteiger partial charge in [-0.15, -0.1) is 24.8 Å². The van der Waals surface area contributed by atoms with Crippen LogP contribution in [0.3, 0.4) is 0 Å². The number of nitrogens with zero attached hydrogens (tertiary/aromatic N) is 1. The van der Waals surface area contributed by atoms with Crippen molar-refractivity contribution in [3.63, 3.8) is 0 Å². The standard InChI is InChI=1S/C15H29N3O2.2ClH/c1-15(2,18-7-9-20-10-8-18)12-17-14(19)4-3-13-5-6-16-11-13;;/h13,16H,3-12H2,1-2H3,(H,17,19);2*1H. The molecule has 2 aliphatic rings. The molecule has 0 spiro atoms. The first-order valence-electron chi connectivity index (χ1n) is 7.88. The third-order valence-electron chi connectivity index (χ3n) is 4.53. The molecule has 0 aromatic rings. The van der Waals surface area contributed by atoms with E-state index in [2.05, 4.69) is 29.4 Å². The highest BCUT2D eigenvalue weighted by atomic mass is 35.5. The van der Waals surface area contributed by atoms with E-state index in [0.29, 0.717) is 12.3 Å². The average molecular weight is 356 g/mol. The van der Waals surface area contributed by atoms with Crippen LogP contribution in [0.5, 0.6) is 0 Å². The lowest BCUT2D eigenvalue weighted by Crippen LogP contribution is -2.55. The number of hydrogen-bond acceptors (Lipinski definition) is 4. The molecule has 0 aromatic carbocycles. The van der Waals surface area contributed by atoms with Crippen molar-refractivity contribution in [1.29, 1.82) is 0 Å². The Morgan fingerprint density at radius 2 is 2.00 bits per heavy atom. The van der Waals surface area contributed by atoms with Gasteiger partial charge in [0.15, 0.2) is 0 Å². The summed E-state index contributed by atoms with van der Waals surface area (Å²) in [4.78, 5) is 14.4. The zero-order valence-corrected chi connectivity index (χ0v) is 15.4. The van der Waals surface area contributed by atoms with E-state index >= 15 is 0 Å². The van der Waals surface area contributed by atoms with Crippen molar-refractivity contribution in [2.24, 2.45) is 5.92 Å². The summed E-state index contributed by atoms with van der Waals surface area (Å²) in [5, 5.41) is 6.45. The topological polar surface area (TPSA) is 53.6 Å². The van der Waals surface area contributed by atoms with Crippen molar-refractivity contribution in [2.75, 3.05) is 45.9 Å². The normalized spacial score (nSPS) is 22.5. The molecule has 0 aromatic heterocycles. The maximum absolute atomic E-state index is 12.0. The van der Waals surface area contributed by atoms with Gasteiger partial charge in [-0.1, -0.05) is 0 Å². The monoisotopic (exact) mass is 355 g/mol. The average Bonchev–Trinajstić information content (AvgIpc) is 2.97. The molecular weight excluding hydrogens is 325 g/mol. The number of rotatable bonds is 6. The summed E-state index contributed by atoms with van der Waals surface area (Å²) in [6.07, 6.45) is 2.88. The highest BCUT2D eigenvalue weighted by Crippen LogP contribution is 2.16. The fourth-order valence-corrected chi connectivity index (χ4v) is 2.98. The first-order valence-corrected chi connectivity index (χ1v) is 7.88. The number of carbonyl (C=O) groups is 1. The molecule has 0 bridgehead atoms. The Kier molecular flexibility index (Phi) is 10.6. The summed E-state index contributed by atoms with van der Waals surface area (Å²) in [6, 6.07) is 0. The van der Waals surface area contributed by atoms with Gasteiger partial charge in [-0.25, -0.2) is 0 Å². The Balaban J connectivity index is 0.00000220. The minimum Gasteiger partial charge on any atom is -0.379 e. The maximum atomic E-state index is 12.0. The van der Waals surface area contributed by atoms with Crippen molar-refractivity contribution in [3.8, 4) is 0 Å². The molecule has 2 heterocycles. The number of carbonyl (C=O) groups excluding carboxylic acids is 1. The Hall–Kier alpha value is -0.0700. The lowest BCUT2D eigenvalue weighted by Gasteiger charge is -2.40. The molecule has 0 saturated carbocycles. The van der Waals surface area contributed by atoms with Crippen LogP contribution in [0.25, 0.3) is 0 Å². The Morgan fingerprint density at radius 1 is 1.32 bits per heavy atom. The number of amides is 1.